The van der Waals surface area contributed by atoms with Crippen molar-refractivity contribution in [1.29, 1.82) is 0 Å². The van der Waals surface area contributed by atoms with Crippen LogP contribution in [0.25, 0.3) is 22.4 Å². The number of imidazole rings is 1. The molecule has 2 aromatic carbocycles. The van der Waals surface area contributed by atoms with E-state index in [0.29, 0.717) is 11.5 Å². The number of likely N-dealkylation sites (tertiary alicyclic amines) is 1. The largest absolute Gasteiger partial charge is 0.453 e. The Morgan fingerprint density at radius 2 is 1.62 bits per heavy atom. The van der Waals surface area contributed by atoms with Crippen LogP contribution in [0, 0.1) is 11.8 Å². The maximum atomic E-state index is 13.6. The average Bonchev–Trinajstić information content (AvgIpc) is 3.31. The van der Waals surface area contributed by atoms with E-state index in [1.54, 1.807) is 6.92 Å². The van der Waals surface area contributed by atoms with E-state index >= 15 is 0 Å². The second-order valence-corrected chi connectivity index (χ2v) is 10.3. The summed E-state index contributed by atoms with van der Waals surface area (Å²) in [7, 11) is 1.30. The van der Waals surface area contributed by atoms with Crippen molar-refractivity contribution in [2.75, 3.05) is 7.11 Å². The van der Waals surface area contributed by atoms with Gasteiger partial charge in [-0.1, -0.05) is 62.4 Å². The summed E-state index contributed by atoms with van der Waals surface area (Å²) in [6.07, 6.45) is 3.06. The number of ether oxygens (including phenoxy) is 1. The smallest absolute Gasteiger partial charge is 0.407 e. The molecule has 4 unspecified atom stereocenters. The standard InChI is InChI=1S/C29H32N4O4/c1-16(2)26(32-29(36)37-4)28(35)33-24-13-22(24)14-25(33)27-30-15-23(31-27)21-11-9-20(10-12-21)19-7-5-18(6-8-19)17(3)34/h5-12,15-16,22,24-26H,13-14H2,1-4H3,(H,30,31)(H,32,36). The average molecular weight is 501 g/mol. The fourth-order valence-corrected chi connectivity index (χ4v) is 5.27. The van der Waals surface area contributed by atoms with E-state index in [2.05, 4.69) is 15.3 Å². The van der Waals surface area contributed by atoms with E-state index in [0.717, 1.165) is 41.1 Å². The molecular formula is C29H32N4O4. The lowest BCUT2D eigenvalue weighted by Gasteiger charge is -2.31. The normalized spacial score (nSPS) is 20.9. The quantitative estimate of drug-likeness (QED) is 0.445. The number of carbonyl (C=O) groups is 3. The van der Waals surface area contributed by atoms with Crippen molar-refractivity contribution < 1.29 is 19.1 Å². The molecule has 2 fully saturated rings. The summed E-state index contributed by atoms with van der Waals surface area (Å²) in [5.41, 5.74) is 4.68. The fraction of sp³-hybridized carbons (Fsp3) is 0.379. The predicted octanol–water partition coefficient (Wildman–Crippen LogP) is 4.99. The Labute approximate surface area is 216 Å². The van der Waals surface area contributed by atoms with Crippen LogP contribution in [-0.2, 0) is 9.53 Å². The molecule has 4 atom stereocenters. The first-order chi connectivity index (χ1) is 17.8. The predicted molar refractivity (Wildman–Crippen MR) is 140 cm³/mol. The first-order valence-electron chi connectivity index (χ1n) is 12.7. The van der Waals surface area contributed by atoms with Gasteiger partial charge in [0.1, 0.15) is 11.9 Å². The summed E-state index contributed by atoms with van der Waals surface area (Å²) < 4.78 is 4.74. The van der Waals surface area contributed by atoms with Crippen LogP contribution in [0.4, 0.5) is 4.79 Å². The molecule has 2 amide bonds. The monoisotopic (exact) mass is 500 g/mol. The zero-order chi connectivity index (χ0) is 26.3. The first-order valence-corrected chi connectivity index (χ1v) is 12.7. The van der Waals surface area contributed by atoms with Gasteiger partial charge in [0.2, 0.25) is 5.91 Å². The molecule has 1 saturated heterocycles. The molecule has 2 N–H and O–H groups in total. The molecule has 192 valence electrons. The van der Waals surface area contributed by atoms with Gasteiger partial charge in [-0.05, 0) is 48.3 Å². The van der Waals surface area contributed by atoms with Crippen molar-refractivity contribution >= 4 is 17.8 Å². The Kier molecular flexibility index (Phi) is 6.58. The van der Waals surface area contributed by atoms with Crippen LogP contribution in [0.2, 0.25) is 0 Å². The number of hydrogen-bond acceptors (Lipinski definition) is 5. The molecule has 1 aromatic heterocycles. The Bertz CT molecular complexity index is 1310. The van der Waals surface area contributed by atoms with E-state index in [4.69, 9.17) is 4.74 Å². The van der Waals surface area contributed by atoms with Gasteiger partial charge in [-0.25, -0.2) is 9.78 Å². The number of fused-ring (bicyclic) bond motifs is 1. The Morgan fingerprint density at radius 3 is 2.22 bits per heavy atom. The summed E-state index contributed by atoms with van der Waals surface area (Å²) in [5, 5.41) is 2.71. The highest BCUT2D eigenvalue weighted by atomic mass is 16.5. The van der Waals surface area contributed by atoms with Crippen LogP contribution < -0.4 is 5.32 Å². The van der Waals surface area contributed by atoms with Crippen molar-refractivity contribution in [2.24, 2.45) is 11.8 Å². The van der Waals surface area contributed by atoms with Crippen LogP contribution in [0.1, 0.15) is 55.8 Å². The van der Waals surface area contributed by atoms with Gasteiger partial charge in [0, 0.05) is 11.6 Å². The van der Waals surface area contributed by atoms with Crippen LogP contribution in [0.3, 0.4) is 0 Å². The summed E-state index contributed by atoms with van der Waals surface area (Å²) in [6, 6.07) is 15.2. The third kappa shape index (κ3) is 4.88. The lowest BCUT2D eigenvalue weighted by atomic mass is 10.0. The van der Waals surface area contributed by atoms with E-state index in [1.165, 1.54) is 7.11 Å². The fourth-order valence-electron chi connectivity index (χ4n) is 5.27. The minimum Gasteiger partial charge on any atom is -0.453 e. The number of amides is 2. The highest BCUT2D eigenvalue weighted by molar-refractivity contribution is 5.94. The van der Waals surface area contributed by atoms with Crippen molar-refractivity contribution in [1.82, 2.24) is 20.2 Å². The van der Waals surface area contributed by atoms with Gasteiger partial charge < -0.3 is 19.9 Å². The Balaban J connectivity index is 1.34. The third-order valence-corrected chi connectivity index (χ3v) is 7.48. The number of ketones is 1. The summed E-state index contributed by atoms with van der Waals surface area (Å²) in [4.78, 5) is 47.0. The molecule has 2 aliphatic rings. The molecule has 3 aromatic rings. The minimum absolute atomic E-state index is 0.0521. The number of piperidine rings is 1. The zero-order valence-electron chi connectivity index (χ0n) is 21.5. The van der Waals surface area contributed by atoms with Crippen molar-refractivity contribution in [3.05, 3.63) is 66.1 Å². The first kappa shape index (κ1) is 24.7. The van der Waals surface area contributed by atoms with E-state index < -0.39 is 12.1 Å². The number of methoxy groups -OCH3 is 1. The number of benzene rings is 2. The minimum atomic E-state index is -0.652. The molecule has 1 aliphatic heterocycles. The number of Topliss-reactive ketones (excluding diaryl/α,β-unsaturated/α-hetero) is 1. The number of alkyl carbamates (subject to hydrolysis) is 1. The van der Waals surface area contributed by atoms with Gasteiger partial charge in [-0.15, -0.1) is 0 Å². The number of hydrogen-bond donors (Lipinski definition) is 2. The van der Waals surface area contributed by atoms with Gasteiger partial charge in [-0.3, -0.25) is 9.59 Å². The second kappa shape index (κ2) is 9.84. The highest BCUT2D eigenvalue weighted by Crippen LogP contribution is 2.53. The van der Waals surface area contributed by atoms with Crippen LogP contribution in [0.5, 0.6) is 0 Å². The molecule has 0 bridgehead atoms. The molecule has 0 radical (unpaired) electrons. The molecule has 8 nitrogen and oxygen atoms in total. The van der Waals surface area contributed by atoms with Gasteiger partial charge in [0.25, 0.3) is 0 Å². The Morgan fingerprint density at radius 1 is 1.00 bits per heavy atom. The molecule has 1 saturated carbocycles. The molecule has 1 aliphatic carbocycles. The highest BCUT2D eigenvalue weighted by Gasteiger charge is 2.56. The number of nitrogens with one attached hydrogen (secondary N) is 2. The maximum Gasteiger partial charge on any atom is 0.407 e. The van der Waals surface area contributed by atoms with E-state index in [1.807, 2.05) is 73.5 Å². The number of nitrogens with zero attached hydrogens (tertiary/aromatic N) is 2. The third-order valence-electron chi connectivity index (χ3n) is 7.48. The van der Waals surface area contributed by atoms with Gasteiger partial charge in [0.15, 0.2) is 5.78 Å². The van der Waals surface area contributed by atoms with Crippen molar-refractivity contribution in [2.45, 2.75) is 51.7 Å². The second-order valence-electron chi connectivity index (χ2n) is 10.3. The number of aromatic nitrogens is 2. The Hall–Kier alpha value is -3.94. The van der Waals surface area contributed by atoms with Gasteiger partial charge >= 0.3 is 6.09 Å². The lowest BCUT2D eigenvalue weighted by molar-refractivity contribution is -0.136. The van der Waals surface area contributed by atoms with Gasteiger partial charge in [-0.2, -0.15) is 0 Å². The summed E-state index contributed by atoms with van der Waals surface area (Å²) in [6.45, 7) is 5.40. The maximum absolute atomic E-state index is 13.6. The van der Waals surface area contributed by atoms with E-state index in [9.17, 15) is 14.4 Å². The van der Waals surface area contributed by atoms with Crippen LogP contribution >= 0.6 is 0 Å². The summed E-state index contributed by atoms with van der Waals surface area (Å²) >= 11 is 0. The molecule has 37 heavy (non-hydrogen) atoms. The molecule has 2 heterocycles. The van der Waals surface area contributed by atoms with Crippen molar-refractivity contribution in [3.8, 4) is 22.4 Å². The van der Waals surface area contributed by atoms with E-state index in [-0.39, 0.29) is 29.7 Å². The lowest BCUT2D eigenvalue weighted by Crippen LogP contribution is -2.52. The topological polar surface area (TPSA) is 104 Å². The van der Waals surface area contributed by atoms with Gasteiger partial charge in [0.05, 0.1) is 25.0 Å². The zero-order valence-corrected chi connectivity index (χ0v) is 21.5. The molecule has 8 heteroatoms. The number of aromatic amines is 1. The SMILES string of the molecule is COC(=O)NC(C(=O)N1C(c2ncc(-c3ccc(-c4ccc(C(C)=O)cc4)cc3)[nH]2)CC2CC21)C(C)C. The molecular weight excluding hydrogens is 468 g/mol. The van der Waals surface area contributed by atoms with Crippen molar-refractivity contribution in [3.63, 3.8) is 0 Å². The number of H-pyrrole nitrogens is 1. The molecule has 5 rings (SSSR count). The van der Waals surface area contributed by atoms with Crippen LogP contribution in [-0.4, -0.2) is 51.8 Å². The number of rotatable bonds is 7. The van der Waals surface area contributed by atoms with Crippen LogP contribution in [0.15, 0.2) is 54.7 Å². The summed E-state index contributed by atoms with van der Waals surface area (Å²) in [5.74, 6) is 1.13. The molecule has 0 spiro atoms. The number of carbonyl (C=O) groups excluding carboxylic acids is 3.